The monoisotopic (exact) mass is 407 g/mol. The molecule has 4 rings (SSSR count). The highest BCUT2D eigenvalue weighted by Crippen LogP contribution is 2.29. The van der Waals surface area contributed by atoms with Gasteiger partial charge in [-0.05, 0) is 37.3 Å². The largest absolute Gasteiger partial charge is 0.395 e. The van der Waals surface area contributed by atoms with Crippen molar-refractivity contribution < 1.29 is 5.11 Å². The van der Waals surface area contributed by atoms with Crippen LogP contribution in [0.4, 0.5) is 17.2 Å². The molecule has 6 nitrogen and oxygen atoms in total. The van der Waals surface area contributed by atoms with Crippen LogP contribution in [0.3, 0.4) is 0 Å². The van der Waals surface area contributed by atoms with Gasteiger partial charge in [-0.3, -0.25) is 0 Å². The van der Waals surface area contributed by atoms with Crippen LogP contribution in [0.25, 0.3) is 16.9 Å². The molecule has 0 saturated heterocycles. The van der Waals surface area contributed by atoms with Crippen LogP contribution in [0.15, 0.2) is 67.1 Å². The molecular formula is C22H22ClN5O. The van der Waals surface area contributed by atoms with Crippen molar-refractivity contribution in [1.82, 2.24) is 14.4 Å². The van der Waals surface area contributed by atoms with Crippen molar-refractivity contribution in [3.63, 3.8) is 0 Å². The molecule has 0 aliphatic heterocycles. The van der Waals surface area contributed by atoms with Crippen LogP contribution >= 0.6 is 11.6 Å². The smallest absolute Gasteiger partial charge is 0.180 e. The molecule has 0 unspecified atom stereocenters. The summed E-state index contributed by atoms with van der Waals surface area (Å²) in [6.07, 6.45) is 5.56. The fraction of sp³-hybridized carbons (Fsp3) is 0.182. The average molecular weight is 408 g/mol. The van der Waals surface area contributed by atoms with Crippen molar-refractivity contribution in [1.29, 1.82) is 0 Å². The van der Waals surface area contributed by atoms with Gasteiger partial charge in [0.25, 0.3) is 0 Å². The van der Waals surface area contributed by atoms with Gasteiger partial charge in [0, 0.05) is 48.6 Å². The molecule has 0 fully saturated rings. The third-order valence-electron chi connectivity index (χ3n) is 4.77. The van der Waals surface area contributed by atoms with E-state index in [2.05, 4.69) is 22.1 Å². The lowest BCUT2D eigenvalue weighted by molar-refractivity contribution is 0.302. The number of rotatable bonds is 7. The second-order valence-corrected chi connectivity index (χ2v) is 7.00. The first-order valence-electron chi connectivity index (χ1n) is 9.51. The predicted octanol–water partition coefficient (Wildman–Crippen LogP) is 4.61. The lowest BCUT2D eigenvalue weighted by atomic mass is 10.1. The number of aliphatic hydroxyl groups is 1. The van der Waals surface area contributed by atoms with E-state index < -0.39 is 0 Å². The van der Waals surface area contributed by atoms with E-state index in [4.69, 9.17) is 16.6 Å². The van der Waals surface area contributed by atoms with Crippen molar-refractivity contribution in [3.8, 4) is 11.3 Å². The molecule has 7 heteroatoms. The van der Waals surface area contributed by atoms with Gasteiger partial charge in [0.15, 0.2) is 11.5 Å². The van der Waals surface area contributed by atoms with E-state index in [0.717, 1.165) is 34.8 Å². The van der Waals surface area contributed by atoms with E-state index in [9.17, 15) is 5.11 Å². The van der Waals surface area contributed by atoms with Crippen molar-refractivity contribution in [2.24, 2.45) is 0 Å². The lowest BCUT2D eigenvalue weighted by Crippen LogP contribution is -2.25. The minimum atomic E-state index is 0.129. The van der Waals surface area contributed by atoms with Gasteiger partial charge in [-0.25, -0.2) is 9.97 Å². The number of likely N-dealkylation sites (N-methyl/N-ethyl adjacent to an activating group) is 1. The maximum Gasteiger partial charge on any atom is 0.180 e. The Balaban J connectivity index is 1.67. The topological polar surface area (TPSA) is 65.7 Å². The fourth-order valence-corrected chi connectivity index (χ4v) is 3.53. The average Bonchev–Trinajstić information content (AvgIpc) is 3.22. The SMILES string of the molecule is CCN(CCO)c1ccc(Nc2nc(-c3ccccc3Cl)cn3ccnc23)cc1. The van der Waals surface area contributed by atoms with Crippen LogP contribution in [-0.4, -0.2) is 39.2 Å². The standard InChI is InChI=1S/C22H22ClN5O/c1-2-27(13-14-29)17-9-7-16(8-10-17)25-21-22-24-11-12-28(22)15-20(26-21)18-5-3-4-6-19(18)23/h3-12,15,29H,2,13-14H2,1H3,(H,25,26). The molecule has 4 aromatic rings. The van der Waals surface area contributed by atoms with Gasteiger partial charge < -0.3 is 19.7 Å². The van der Waals surface area contributed by atoms with Gasteiger partial charge in [-0.15, -0.1) is 0 Å². The van der Waals surface area contributed by atoms with E-state index in [1.165, 1.54) is 0 Å². The molecule has 0 saturated carbocycles. The molecule has 2 aromatic carbocycles. The van der Waals surface area contributed by atoms with Crippen LogP contribution < -0.4 is 10.2 Å². The van der Waals surface area contributed by atoms with E-state index in [0.29, 0.717) is 17.4 Å². The first-order valence-corrected chi connectivity index (χ1v) is 9.89. The summed E-state index contributed by atoms with van der Waals surface area (Å²) in [6, 6.07) is 15.7. The molecule has 0 bridgehead atoms. The quantitative estimate of drug-likeness (QED) is 0.468. The maximum atomic E-state index is 9.22. The molecule has 2 aromatic heterocycles. The van der Waals surface area contributed by atoms with Crippen molar-refractivity contribution in [3.05, 3.63) is 72.1 Å². The van der Waals surface area contributed by atoms with Gasteiger partial charge in [0.05, 0.1) is 17.3 Å². The van der Waals surface area contributed by atoms with Gasteiger partial charge in [-0.1, -0.05) is 29.8 Å². The molecule has 0 aliphatic rings. The summed E-state index contributed by atoms with van der Waals surface area (Å²) in [5.41, 5.74) is 4.34. The Morgan fingerprint density at radius 1 is 1.14 bits per heavy atom. The van der Waals surface area contributed by atoms with E-state index >= 15 is 0 Å². The van der Waals surface area contributed by atoms with Crippen LogP contribution in [0.5, 0.6) is 0 Å². The summed E-state index contributed by atoms with van der Waals surface area (Å²) in [4.78, 5) is 11.3. The van der Waals surface area contributed by atoms with Crippen LogP contribution in [0.2, 0.25) is 5.02 Å². The molecule has 2 heterocycles. The Hall–Kier alpha value is -3.09. The summed E-state index contributed by atoms with van der Waals surface area (Å²) < 4.78 is 1.93. The van der Waals surface area contributed by atoms with E-state index in [1.54, 1.807) is 6.20 Å². The van der Waals surface area contributed by atoms with Crippen LogP contribution in [-0.2, 0) is 0 Å². The third kappa shape index (κ3) is 4.04. The number of imidazole rings is 1. The highest BCUT2D eigenvalue weighted by Gasteiger charge is 2.12. The maximum absolute atomic E-state index is 9.22. The number of nitrogens with one attached hydrogen (secondary N) is 1. The van der Waals surface area contributed by atoms with E-state index in [-0.39, 0.29) is 6.61 Å². The van der Waals surface area contributed by atoms with Crippen LogP contribution in [0.1, 0.15) is 6.92 Å². The molecule has 0 aliphatic carbocycles. The second kappa shape index (κ2) is 8.51. The number of nitrogens with zero attached hydrogens (tertiary/aromatic N) is 4. The Morgan fingerprint density at radius 3 is 2.66 bits per heavy atom. The second-order valence-electron chi connectivity index (χ2n) is 6.59. The first-order chi connectivity index (χ1) is 14.2. The molecule has 148 valence electrons. The zero-order valence-corrected chi connectivity index (χ0v) is 16.8. The predicted molar refractivity (Wildman–Crippen MR) is 118 cm³/mol. The molecular weight excluding hydrogens is 386 g/mol. The molecule has 0 spiro atoms. The minimum absolute atomic E-state index is 0.129. The number of anilines is 3. The zero-order valence-electron chi connectivity index (χ0n) is 16.1. The first kappa shape index (κ1) is 19.2. The van der Waals surface area contributed by atoms with Gasteiger partial charge in [0.1, 0.15) is 0 Å². The zero-order chi connectivity index (χ0) is 20.2. The van der Waals surface area contributed by atoms with Gasteiger partial charge >= 0.3 is 0 Å². The van der Waals surface area contributed by atoms with Crippen molar-refractivity contribution in [2.75, 3.05) is 29.9 Å². The highest BCUT2D eigenvalue weighted by molar-refractivity contribution is 6.33. The summed E-state index contributed by atoms with van der Waals surface area (Å²) in [5, 5.41) is 13.2. The number of hydrogen-bond acceptors (Lipinski definition) is 5. The lowest BCUT2D eigenvalue weighted by Gasteiger charge is -2.22. The number of hydrogen-bond donors (Lipinski definition) is 2. The Bertz CT molecular complexity index is 1110. The third-order valence-corrected chi connectivity index (χ3v) is 5.10. The number of halogens is 1. The summed E-state index contributed by atoms with van der Waals surface area (Å²) in [5.74, 6) is 0.655. The Labute approximate surface area is 174 Å². The summed E-state index contributed by atoms with van der Waals surface area (Å²) in [7, 11) is 0. The Kier molecular flexibility index (Phi) is 5.64. The number of benzene rings is 2. The van der Waals surface area contributed by atoms with Gasteiger partial charge in [-0.2, -0.15) is 0 Å². The van der Waals surface area contributed by atoms with Crippen molar-refractivity contribution >= 4 is 34.4 Å². The van der Waals surface area contributed by atoms with Crippen LogP contribution in [0, 0.1) is 0 Å². The minimum Gasteiger partial charge on any atom is -0.395 e. The summed E-state index contributed by atoms with van der Waals surface area (Å²) in [6.45, 7) is 3.65. The highest BCUT2D eigenvalue weighted by atomic mass is 35.5. The van der Waals surface area contributed by atoms with Gasteiger partial charge in [0.2, 0.25) is 0 Å². The molecule has 2 N–H and O–H groups in total. The number of fused-ring (bicyclic) bond motifs is 1. The fourth-order valence-electron chi connectivity index (χ4n) is 3.30. The molecule has 0 amide bonds. The van der Waals surface area contributed by atoms with Crippen molar-refractivity contribution in [2.45, 2.75) is 6.92 Å². The van der Waals surface area contributed by atoms with E-state index in [1.807, 2.05) is 65.3 Å². The normalized spacial score (nSPS) is 11.0. The number of aliphatic hydroxyl groups excluding tert-OH is 1. The molecule has 0 atom stereocenters. The summed E-state index contributed by atoms with van der Waals surface area (Å²) >= 11 is 6.38. The number of aromatic nitrogens is 3. The Morgan fingerprint density at radius 2 is 1.93 bits per heavy atom. The molecule has 0 radical (unpaired) electrons. The molecule has 29 heavy (non-hydrogen) atoms.